The number of hydrogen-bond acceptors (Lipinski definition) is 9. The third-order valence-electron chi connectivity index (χ3n) is 5.75. The lowest BCUT2D eigenvalue weighted by Gasteiger charge is -2.39. The van der Waals surface area contributed by atoms with E-state index in [0.717, 1.165) is 38.8 Å². The van der Waals surface area contributed by atoms with Crippen LogP contribution in [0, 0.1) is 5.92 Å². The van der Waals surface area contributed by atoms with Crippen molar-refractivity contribution in [1.82, 2.24) is 29.5 Å². The van der Waals surface area contributed by atoms with Crippen molar-refractivity contribution < 1.29 is 19.0 Å². The number of nitrogens with two attached hydrogens (primary N) is 1. The smallest absolute Gasteiger partial charge is 0.424 e. The van der Waals surface area contributed by atoms with Gasteiger partial charge in [-0.05, 0) is 52.9 Å². The first kappa shape index (κ1) is 25.8. The Morgan fingerprint density at radius 1 is 1.18 bits per heavy atom. The van der Waals surface area contributed by atoms with Gasteiger partial charge in [-0.25, -0.2) is 14.8 Å². The fraction of sp³-hybridized carbons (Fsp3) is 0.739. The van der Waals surface area contributed by atoms with Gasteiger partial charge in [0.05, 0.1) is 13.7 Å². The number of aromatic nitrogens is 4. The predicted molar refractivity (Wildman–Crippen MR) is 130 cm³/mol. The van der Waals surface area contributed by atoms with Gasteiger partial charge < -0.3 is 19.9 Å². The Kier molecular flexibility index (Phi) is 8.40. The molecule has 0 aromatic carbocycles. The molecule has 0 radical (unpaired) electrons. The largest absolute Gasteiger partial charge is 0.468 e. The molecule has 190 valence electrons. The summed E-state index contributed by atoms with van der Waals surface area (Å²) < 4.78 is 18.7. The number of piperidine rings is 1. The number of nitrogens with zero attached hydrogens (tertiary/aromatic N) is 6. The monoisotopic (exact) mass is 477 g/mol. The highest BCUT2D eigenvalue weighted by Gasteiger charge is 2.30. The molecule has 2 N–H and O–H groups in total. The predicted octanol–water partition coefficient (Wildman–Crippen LogP) is 3.48. The number of anilines is 1. The number of hydrogen-bond donors (Lipinski definition) is 1. The first-order valence-electron chi connectivity index (χ1n) is 12.1. The Bertz CT molecular complexity index is 964. The molecule has 11 heteroatoms. The van der Waals surface area contributed by atoms with Gasteiger partial charge in [0, 0.05) is 26.2 Å². The van der Waals surface area contributed by atoms with Crippen molar-refractivity contribution in [3.63, 3.8) is 0 Å². The van der Waals surface area contributed by atoms with E-state index in [4.69, 9.17) is 19.9 Å². The minimum absolute atomic E-state index is 0.257. The summed E-state index contributed by atoms with van der Waals surface area (Å²) in [5, 5.41) is 3.77. The molecule has 1 aliphatic rings. The van der Waals surface area contributed by atoms with E-state index >= 15 is 0 Å². The van der Waals surface area contributed by atoms with Crippen LogP contribution in [0.2, 0.25) is 0 Å². The number of carbonyl (C=O) groups excluding carboxylic acids is 1. The summed E-state index contributed by atoms with van der Waals surface area (Å²) in [6.45, 7) is 13.0. The van der Waals surface area contributed by atoms with Gasteiger partial charge in [-0.2, -0.15) is 15.0 Å². The molecule has 1 saturated heterocycles. The zero-order valence-electron chi connectivity index (χ0n) is 21.3. The van der Waals surface area contributed by atoms with Gasteiger partial charge >= 0.3 is 12.1 Å². The average Bonchev–Trinajstić information content (AvgIpc) is 3.12. The number of imidazole rings is 1. The number of amides is 1. The van der Waals surface area contributed by atoms with E-state index < -0.39 is 5.60 Å². The van der Waals surface area contributed by atoms with Crippen LogP contribution in [0.15, 0.2) is 0 Å². The van der Waals surface area contributed by atoms with Crippen molar-refractivity contribution in [2.45, 2.75) is 72.4 Å². The number of carbonyl (C=O) groups is 1. The van der Waals surface area contributed by atoms with Crippen molar-refractivity contribution in [3.8, 4) is 12.0 Å². The third-order valence-corrected chi connectivity index (χ3v) is 5.75. The van der Waals surface area contributed by atoms with Crippen LogP contribution in [-0.4, -0.2) is 74.6 Å². The van der Waals surface area contributed by atoms with Crippen molar-refractivity contribution >= 4 is 23.1 Å². The number of unbranched alkanes of at least 4 members (excludes halogenated alkanes) is 1. The molecule has 1 amide bonds. The van der Waals surface area contributed by atoms with Crippen molar-refractivity contribution in [2.24, 2.45) is 5.92 Å². The molecule has 0 atom stereocenters. The van der Waals surface area contributed by atoms with Crippen LogP contribution in [0.1, 0.15) is 60.3 Å². The van der Waals surface area contributed by atoms with E-state index in [9.17, 15) is 4.79 Å². The molecule has 1 fully saturated rings. The van der Waals surface area contributed by atoms with Gasteiger partial charge in [-0.3, -0.25) is 4.57 Å². The molecular weight excluding hydrogens is 438 g/mol. The fourth-order valence-electron chi connectivity index (χ4n) is 4.03. The summed E-state index contributed by atoms with van der Waals surface area (Å²) in [6.07, 6.45) is 3.44. The zero-order chi connectivity index (χ0) is 24.9. The number of nitrogen functional groups attached to an aromatic ring is 1. The van der Waals surface area contributed by atoms with Crippen LogP contribution in [-0.2, 0) is 11.3 Å². The number of hydrazine groups is 1. The van der Waals surface area contributed by atoms with Crippen molar-refractivity contribution in [3.05, 3.63) is 0 Å². The quantitative estimate of drug-likeness (QED) is 0.541. The first-order valence-corrected chi connectivity index (χ1v) is 12.1. The van der Waals surface area contributed by atoms with Gasteiger partial charge in [0.25, 0.3) is 6.01 Å². The maximum absolute atomic E-state index is 12.6. The molecule has 2 aromatic heterocycles. The van der Waals surface area contributed by atoms with Crippen molar-refractivity contribution in [2.75, 3.05) is 39.1 Å². The molecule has 0 unspecified atom stereocenters. The number of rotatable bonds is 9. The van der Waals surface area contributed by atoms with E-state index in [-0.39, 0.29) is 17.9 Å². The van der Waals surface area contributed by atoms with Gasteiger partial charge in [-0.1, -0.05) is 13.3 Å². The fourth-order valence-corrected chi connectivity index (χ4v) is 4.03. The summed E-state index contributed by atoms with van der Waals surface area (Å²) in [5.74, 6) is 0.639. The van der Waals surface area contributed by atoms with Gasteiger partial charge in [0.2, 0.25) is 0 Å². The first-order chi connectivity index (χ1) is 16.2. The minimum Gasteiger partial charge on any atom is -0.468 e. The van der Waals surface area contributed by atoms with Crippen LogP contribution < -0.4 is 15.2 Å². The highest BCUT2D eigenvalue weighted by molar-refractivity contribution is 5.83. The molecule has 0 saturated carbocycles. The standard InChI is InChI=1S/C23H39N7O4/c1-7-9-14-33-20-26-18(24)17-19(27-20)29(21(25-17)32-6)15-16-10-12-28(13-11-16)30(8-2)22(31)34-23(3,4)5/h16H,7-15H2,1-6H3,(H2,24,26,27). The molecule has 1 aliphatic heterocycles. The summed E-state index contributed by atoms with van der Waals surface area (Å²) >= 11 is 0. The molecule has 3 rings (SSSR count). The average molecular weight is 478 g/mol. The summed E-state index contributed by atoms with van der Waals surface area (Å²) in [5.41, 5.74) is 6.75. The third kappa shape index (κ3) is 6.19. The second-order valence-corrected chi connectivity index (χ2v) is 9.57. The van der Waals surface area contributed by atoms with Crippen LogP contribution in [0.25, 0.3) is 11.2 Å². The van der Waals surface area contributed by atoms with E-state index in [2.05, 4.69) is 26.9 Å². The molecule has 34 heavy (non-hydrogen) atoms. The second-order valence-electron chi connectivity index (χ2n) is 9.57. The Balaban J connectivity index is 1.71. The molecule has 3 heterocycles. The Hall–Kier alpha value is -2.82. The molecule has 2 aromatic rings. The van der Waals surface area contributed by atoms with Gasteiger partial charge in [0.15, 0.2) is 17.0 Å². The lowest BCUT2D eigenvalue weighted by atomic mass is 9.97. The molecule has 11 nitrogen and oxygen atoms in total. The number of fused-ring (bicyclic) bond motifs is 1. The van der Waals surface area contributed by atoms with Gasteiger partial charge in [0.1, 0.15) is 5.60 Å². The van der Waals surface area contributed by atoms with E-state index in [1.807, 2.05) is 32.3 Å². The number of ether oxygens (including phenoxy) is 3. The normalized spacial score (nSPS) is 15.5. The summed E-state index contributed by atoms with van der Waals surface area (Å²) in [7, 11) is 1.59. The maximum atomic E-state index is 12.6. The van der Waals surface area contributed by atoms with Crippen molar-refractivity contribution in [1.29, 1.82) is 0 Å². The minimum atomic E-state index is -0.523. The highest BCUT2D eigenvalue weighted by Crippen LogP contribution is 2.29. The second kappa shape index (κ2) is 11.1. The van der Waals surface area contributed by atoms with Crippen LogP contribution in [0.4, 0.5) is 10.6 Å². The Morgan fingerprint density at radius 2 is 1.88 bits per heavy atom. The van der Waals surface area contributed by atoms with E-state index in [1.54, 1.807) is 12.1 Å². The lowest BCUT2D eigenvalue weighted by Crippen LogP contribution is -2.51. The summed E-state index contributed by atoms with van der Waals surface area (Å²) in [6, 6.07) is 0.709. The van der Waals surface area contributed by atoms with Crippen LogP contribution >= 0.6 is 0 Å². The Labute approximate surface area is 201 Å². The molecule has 0 bridgehead atoms. The molecule has 0 aliphatic carbocycles. The zero-order valence-corrected chi connectivity index (χ0v) is 21.3. The van der Waals surface area contributed by atoms with E-state index in [1.165, 1.54) is 0 Å². The molecule has 0 spiro atoms. The lowest BCUT2D eigenvalue weighted by molar-refractivity contribution is -0.0628. The van der Waals surface area contributed by atoms with Crippen LogP contribution in [0.5, 0.6) is 12.0 Å². The topological polar surface area (TPSA) is 121 Å². The van der Waals surface area contributed by atoms with E-state index in [0.29, 0.717) is 42.8 Å². The highest BCUT2D eigenvalue weighted by atomic mass is 16.6. The number of methoxy groups -OCH3 is 1. The van der Waals surface area contributed by atoms with Crippen LogP contribution in [0.3, 0.4) is 0 Å². The maximum Gasteiger partial charge on any atom is 0.424 e. The SMILES string of the molecule is CCCCOc1nc(N)c2nc(OC)n(CC3CCN(N(CC)C(=O)OC(C)(C)C)CC3)c2n1. The molecular formula is C23H39N7O4. The summed E-state index contributed by atoms with van der Waals surface area (Å²) in [4.78, 5) is 25.9. The van der Waals surface area contributed by atoms with Gasteiger partial charge in [-0.15, -0.1) is 0 Å². The Morgan fingerprint density at radius 3 is 2.47 bits per heavy atom.